The molecule has 0 aliphatic carbocycles. The van der Waals surface area contributed by atoms with Crippen LogP contribution < -0.4 is 11.1 Å². The van der Waals surface area contributed by atoms with Gasteiger partial charge in [0.2, 0.25) is 0 Å². The summed E-state index contributed by atoms with van der Waals surface area (Å²) in [6, 6.07) is 1.87. The molecule has 0 saturated carbocycles. The van der Waals surface area contributed by atoms with Gasteiger partial charge >= 0.3 is 0 Å². The maximum Gasteiger partial charge on any atom is 0.269 e. The van der Waals surface area contributed by atoms with Crippen molar-refractivity contribution in [1.29, 1.82) is 0 Å². The van der Waals surface area contributed by atoms with Crippen molar-refractivity contribution in [1.82, 2.24) is 15.1 Å². The molecular formula is C14H26N4O. The summed E-state index contributed by atoms with van der Waals surface area (Å²) in [7, 11) is 0. The molecule has 3 N–H and O–H groups in total. The van der Waals surface area contributed by atoms with E-state index < -0.39 is 0 Å². The molecule has 5 heteroatoms. The van der Waals surface area contributed by atoms with Crippen LogP contribution in [0.3, 0.4) is 0 Å². The van der Waals surface area contributed by atoms with Crippen LogP contribution in [0.1, 0.15) is 50.3 Å². The lowest BCUT2D eigenvalue weighted by Gasteiger charge is -2.24. The SMILES string of the molecule is CCc1cc(C(=O)NCC(C)(C)CCN)n(CC)n1. The highest BCUT2D eigenvalue weighted by molar-refractivity contribution is 5.92. The molecule has 1 rings (SSSR count). The third-order valence-electron chi connectivity index (χ3n) is 3.27. The summed E-state index contributed by atoms with van der Waals surface area (Å²) in [6.45, 7) is 10.2. The van der Waals surface area contributed by atoms with Gasteiger partial charge < -0.3 is 11.1 Å². The van der Waals surface area contributed by atoms with Gasteiger partial charge in [0.05, 0.1) is 5.69 Å². The fourth-order valence-corrected chi connectivity index (χ4v) is 1.96. The summed E-state index contributed by atoms with van der Waals surface area (Å²) < 4.78 is 1.75. The number of hydrogen-bond donors (Lipinski definition) is 2. The average molecular weight is 266 g/mol. The summed E-state index contributed by atoms with van der Waals surface area (Å²) >= 11 is 0. The summed E-state index contributed by atoms with van der Waals surface area (Å²) in [5.41, 5.74) is 7.19. The predicted molar refractivity (Wildman–Crippen MR) is 77.1 cm³/mol. The van der Waals surface area contributed by atoms with E-state index in [-0.39, 0.29) is 11.3 Å². The van der Waals surface area contributed by atoms with Gasteiger partial charge in [-0.3, -0.25) is 9.48 Å². The predicted octanol–water partition coefficient (Wildman–Crippen LogP) is 1.57. The lowest BCUT2D eigenvalue weighted by atomic mass is 9.89. The first-order valence-electron chi connectivity index (χ1n) is 6.98. The van der Waals surface area contributed by atoms with Crippen molar-refractivity contribution >= 4 is 5.91 Å². The fraction of sp³-hybridized carbons (Fsp3) is 0.714. The van der Waals surface area contributed by atoms with Gasteiger partial charge in [-0.1, -0.05) is 20.8 Å². The highest BCUT2D eigenvalue weighted by Gasteiger charge is 2.20. The van der Waals surface area contributed by atoms with Crippen LogP contribution >= 0.6 is 0 Å². The molecule has 5 nitrogen and oxygen atoms in total. The molecular weight excluding hydrogens is 240 g/mol. The Kier molecular flexibility index (Phi) is 5.54. The van der Waals surface area contributed by atoms with Crippen molar-refractivity contribution in [2.75, 3.05) is 13.1 Å². The molecule has 1 aromatic heterocycles. The maximum absolute atomic E-state index is 12.2. The highest BCUT2D eigenvalue weighted by Crippen LogP contribution is 2.18. The van der Waals surface area contributed by atoms with Crippen LogP contribution in [-0.4, -0.2) is 28.8 Å². The summed E-state index contributed by atoms with van der Waals surface area (Å²) in [5, 5.41) is 7.37. The first kappa shape index (κ1) is 15.7. The Morgan fingerprint density at radius 3 is 2.68 bits per heavy atom. The van der Waals surface area contributed by atoms with E-state index in [0.29, 0.717) is 25.3 Å². The van der Waals surface area contributed by atoms with E-state index >= 15 is 0 Å². The van der Waals surface area contributed by atoms with E-state index in [4.69, 9.17) is 5.73 Å². The average Bonchev–Trinajstić information content (AvgIpc) is 2.79. The second-order valence-corrected chi connectivity index (χ2v) is 5.58. The Hall–Kier alpha value is -1.36. The van der Waals surface area contributed by atoms with E-state index in [0.717, 1.165) is 18.5 Å². The van der Waals surface area contributed by atoms with Gasteiger partial charge in [-0.05, 0) is 37.8 Å². The normalized spacial score (nSPS) is 11.6. The number of nitrogens with zero attached hydrogens (tertiary/aromatic N) is 2. The van der Waals surface area contributed by atoms with E-state index in [1.807, 2.05) is 19.9 Å². The molecule has 19 heavy (non-hydrogen) atoms. The molecule has 108 valence electrons. The van der Waals surface area contributed by atoms with Crippen molar-refractivity contribution in [3.63, 3.8) is 0 Å². The molecule has 0 radical (unpaired) electrons. The number of carbonyl (C=O) groups excluding carboxylic acids is 1. The lowest BCUT2D eigenvalue weighted by Crippen LogP contribution is -2.36. The Labute approximate surface area is 115 Å². The number of carbonyl (C=O) groups is 1. The van der Waals surface area contributed by atoms with Crippen LogP contribution in [0.4, 0.5) is 0 Å². The standard InChI is InChI=1S/C14H26N4O/c1-5-11-9-12(18(6-2)17-11)13(19)16-10-14(3,4)7-8-15/h9H,5-8,10,15H2,1-4H3,(H,16,19). The van der Waals surface area contributed by atoms with E-state index in [2.05, 4.69) is 24.3 Å². The second kappa shape index (κ2) is 6.70. The smallest absolute Gasteiger partial charge is 0.269 e. The van der Waals surface area contributed by atoms with Crippen LogP contribution in [0.15, 0.2) is 6.07 Å². The Bertz CT molecular complexity index is 423. The third kappa shape index (κ3) is 4.35. The number of nitrogens with two attached hydrogens (primary N) is 1. The first-order valence-corrected chi connectivity index (χ1v) is 6.98. The first-order chi connectivity index (χ1) is 8.93. The molecule has 0 fully saturated rings. The molecule has 0 atom stereocenters. The molecule has 1 amide bonds. The molecule has 1 aromatic rings. The zero-order chi connectivity index (χ0) is 14.5. The van der Waals surface area contributed by atoms with Gasteiger partial charge in [0, 0.05) is 13.1 Å². The van der Waals surface area contributed by atoms with Crippen LogP contribution in [0, 0.1) is 5.41 Å². The van der Waals surface area contributed by atoms with Crippen LogP contribution in [0.5, 0.6) is 0 Å². The minimum atomic E-state index is -0.0563. The van der Waals surface area contributed by atoms with Crippen molar-refractivity contribution in [3.8, 4) is 0 Å². The van der Waals surface area contributed by atoms with Gasteiger partial charge in [0.1, 0.15) is 5.69 Å². The lowest BCUT2D eigenvalue weighted by molar-refractivity contribution is 0.0924. The van der Waals surface area contributed by atoms with Gasteiger partial charge in [0.15, 0.2) is 0 Å². The molecule has 0 aromatic carbocycles. The number of nitrogens with one attached hydrogen (secondary N) is 1. The highest BCUT2D eigenvalue weighted by atomic mass is 16.2. The summed E-state index contributed by atoms with van der Waals surface area (Å²) in [4.78, 5) is 12.2. The fourth-order valence-electron chi connectivity index (χ4n) is 1.96. The third-order valence-corrected chi connectivity index (χ3v) is 3.27. The molecule has 0 aliphatic heterocycles. The number of hydrogen-bond acceptors (Lipinski definition) is 3. The molecule has 0 aliphatic rings. The largest absolute Gasteiger partial charge is 0.350 e. The van der Waals surface area contributed by atoms with E-state index in [1.54, 1.807) is 4.68 Å². The molecule has 0 saturated heterocycles. The monoisotopic (exact) mass is 266 g/mol. The maximum atomic E-state index is 12.2. The van der Waals surface area contributed by atoms with Crippen molar-refractivity contribution in [3.05, 3.63) is 17.5 Å². The second-order valence-electron chi connectivity index (χ2n) is 5.58. The van der Waals surface area contributed by atoms with E-state index in [1.165, 1.54) is 0 Å². The van der Waals surface area contributed by atoms with Gasteiger partial charge in [-0.25, -0.2) is 0 Å². The molecule has 0 unspecified atom stereocenters. The number of amides is 1. The van der Waals surface area contributed by atoms with Gasteiger partial charge in [0.25, 0.3) is 5.91 Å². The van der Waals surface area contributed by atoms with Crippen LogP contribution in [0.2, 0.25) is 0 Å². The van der Waals surface area contributed by atoms with Crippen LogP contribution in [0.25, 0.3) is 0 Å². The number of rotatable bonds is 7. The number of aromatic nitrogens is 2. The van der Waals surface area contributed by atoms with Gasteiger partial charge in [-0.2, -0.15) is 5.10 Å². The molecule has 0 bridgehead atoms. The molecule has 1 heterocycles. The van der Waals surface area contributed by atoms with Crippen LogP contribution in [-0.2, 0) is 13.0 Å². The summed E-state index contributed by atoms with van der Waals surface area (Å²) in [5.74, 6) is -0.0563. The molecule has 0 spiro atoms. The Balaban J connectivity index is 2.70. The summed E-state index contributed by atoms with van der Waals surface area (Å²) in [6.07, 6.45) is 1.73. The topological polar surface area (TPSA) is 72.9 Å². The minimum Gasteiger partial charge on any atom is -0.350 e. The number of aryl methyl sites for hydroxylation is 2. The Morgan fingerprint density at radius 2 is 2.16 bits per heavy atom. The van der Waals surface area contributed by atoms with E-state index in [9.17, 15) is 4.79 Å². The minimum absolute atomic E-state index is 0.0229. The van der Waals surface area contributed by atoms with Crippen molar-refractivity contribution in [2.24, 2.45) is 11.1 Å². The van der Waals surface area contributed by atoms with Crippen molar-refractivity contribution in [2.45, 2.75) is 47.1 Å². The Morgan fingerprint density at radius 1 is 1.47 bits per heavy atom. The zero-order valence-corrected chi connectivity index (χ0v) is 12.5. The zero-order valence-electron chi connectivity index (χ0n) is 12.5. The van der Waals surface area contributed by atoms with Crippen molar-refractivity contribution < 1.29 is 4.79 Å². The van der Waals surface area contributed by atoms with Gasteiger partial charge in [-0.15, -0.1) is 0 Å². The quantitative estimate of drug-likeness (QED) is 0.787.